The predicted molar refractivity (Wildman–Crippen MR) is 195 cm³/mol. The van der Waals surface area contributed by atoms with Gasteiger partial charge in [0.15, 0.2) is 31.8 Å². The molecule has 0 bridgehead atoms. The lowest BCUT2D eigenvalue weighted by atomic mass is 10.1. The summed E-state index contributed by atoms with van der Waals surface area (Å²) >= 11 is 0. The molecule has 1 aliphatic rings. The molecule has 1 amide bonds. The van der Waals surface area contributed by atoms with E-state index in [1.165, 1.54) is 35.2 Å². The highest BCUT2D eigenvalue weighted by atomic mass is 32.2. The normalized spacial score (nSPS) is 20.1. The van der Waals surface area contributed by atoms with Gasteiger partial charge in [-0.15, -0.1) is 0 Å². The molecule has 52 heavy (non-hydrogen) atoms. The van der Waals surface area contributed by atoms with Crippen molar-refractivity contribution in [2.24, 2.45) is 5.92 Å². The molecule has 0 aliphatic carbocycles. The number of anilines is 1. The number of aromatic amines is 1. The molecule has 3 heterocycles. The predicted octanol–water partition coefficient (Wildman–Crippen LogP) is 4.80. The van der Waals surface area contributed by atoms with E-state index in [1.54, 1.807) is 52.0 Å². The summed E-state index contributed by atoms with van der Waals surface area (Å²) in [4.78, 5) is 36.3. The van der Waals surface area contributed by atoms with Crippen LogP contribution in [0.1, 0.15) is 52.0 Å². The minimum atomic E-state index is -4.59. The fourth-order valence-electron chi connectivity index (χ4n) is 5.04. The maximum Gasteiger partial charge on any atom is 0.297 e. The van der Waals surface area contributed by atoms with Crippen molar-refractivity contribution in [2.75, 3.05) is 11.9 Å². The summed E-state index contributed by atoms with van der Waals surface area (Å²) in [6.07, 6.45) is -4.77. The van der Waals surface area contributed by atoms with Crippen molar-refractivity contribution in [2.45, 2.75) is 101 Å². The van der Waals surface area contributed by atoms with Crippen LogP contribution < -0.4 is 10.9 Å². The van der Waals surface area contributed by atoms with E-state index in [9.17, 15) is 26.4 Å². The highest BCUT2D eigenvalue weighted by Gasteiger charge is 2.53. The van der Waals surface area contributed by atoms with E-state index in [2.05, 4.69) is 20.3 Å². The number of nitrogens with one attached hydrogen (secondary N) is 2. The molecule has 0 spiro atoms. The van der Waals surface area contributed by atoms with E-state index in [-0.39, 0.29) is 38.5 Å². The molecule has 1 aliphatic heterocycles. The average Bonchev–Trinajstić information content (AvgIpc) is 3.60. The Morgan fingerprint density at radius 3 is 1.96 bits per heavy atom. The number of imidazole rings is 1. The second kappa shape index (κ2) is 14.6. The van der Waals surface area contributed by atoms with Crippen molar-refractivity contribution in [1.82, 2.24) is 19.5 Å². The number of aryl methyl sites for hydroxylation is 2. The maximum atomic E-state index is 13.9. The molecule has 282 valence electrons. The van der Waals surface area contributed by atoms with Gasteiger partial charge in [-0.25, -0.2) is 4.98 Å². The molecule has 18 heteroatoms. The Morgan fingerprint density at radius 2 is 1.46 bits per heavy atom. The van der Waals surface area contributed by atoms with Crippen LogP contribution in [0.3, 0.4) is 0 Å². The van der Waals surface area contributed by atoms with Crippen molar-refractivity contribution in [3.63, 3.8) is 0 Å². The van der Waals surface area contributed by atoms with Crippen molar-refractivity contribution >= 4 is 51.6 Å². The molecule has 15 nitrogen and oxygen atoms in total. The summed E-state index contributed by atoms with van der Waals surface area (Å²) in [6.45, 7) is 16.8. The van der Waals surface area contributed by atoms with Gasteiger partial charge in [0.1, 0.15) is 12.2 Å². The van der Waals surface area contributed by atoms with E-state index in [0.717, 1.165) is 11.1 Å². The van der Waals surface area contributed by atoms with Crippen LogP contribution in [-0.4, -0.2) is 75.5 Å². The maximum absolute atomic E-state index is 13.9. The van der Waals surface area contributed by atoms with Gasteiger partial charge >= 0.3 is 0 Å². The van der Waals surface area contributed by atoms with E-state index >= 15 is 0 Å². The van der Waals surface area contributed by atoms with E-state index in [4.69, 9.17) is 17.5 Å². The fourth-order valence-corrected chi connectivity index (χ4v) is 8.24. The zero-order valence-corrected chi connectivity index (χ0v) is 33.2. The number of carbonyl (C=O) groups excluding carboxylic acids is 1. The number of H-pyrrole nitrogens is 1. The lowest BCUT2D eigenvalue weighted by Crippen LogP contribution is -2.46. The van der Waals surface area contributed by atoms with E-state index < -0.39 is 70.5 Å². The van der Waals surface area contributed by atoms with Gasteiger partial charge in [-0.05, 0) is 56.2 Å². The number of carbonyl (C=O) groups is 1. The van der Waals surface area contributed by atoms with Crippen LogP contribution in [0.2, 0.25) is 18.1 Å². The molecule has 0 radical (unpaired) electrons. The Morgan fingerprint density at radius 1 is 0.942 bits per heavy atom. The summed E-state index contributed by atoms with van der Waals surface area (Å²) in [7, 11) is -11.6. The van der Waals surface area contributed by atoms with Crippen LogP contribution in [0.25, 0.3) is 11.2 Å². The number of hydrogen-bond acceptors (Lipinski definition) is 12. The molecule has 1 fully saturated rings. The number of amides is 1. The Labute approximate surface area is 304 Å². The number of ether oxygens (including phenoxy) is 1. The van der Waals surface area contributed by atoms with Gasteiger partial charge in [-0.3, -0.25) is 32.8 Å². The topological polar surface area (TPSA) is 198 Å². The summed E-state index contributed by atoms with van der Waals surface area (Å²) in [5, 5.41) is 2.30. The number of rotatable bonds is 12. The number of hydrogen-bond donors (Lipinski definition) is 2. The van der Waals surface area contributed by atoms with Crippen LogP contribution >= 0.6 is 0 Å². The summed E-state index contributed by atoms with van der Waals surface area (Å²) < 4.78 is 81.4. The molecule has 4 aromatic rings. The first kappa shape index (κ1) is 39.4. The highest BCUT2D eigenvalue weighted by molar-refractivity contribution is 7.87. The van der Waals surface area contributed by atoms with Crippen molar-refractivity contribution in [1.29, 1.82) is 0 Å². The van der Waals surface area contributed by atoms with Crippen LogP contribution in [-0.2, 0) is 42.6 Å². The van der Waals surface area contributed by atoms with E-state index in [0.29, 0.717) is 0 Å². The molecule has 1 unspecified atom stereocenters. The zero-order chi connectivity index (χ0) is 38.4. The zero-order valence-electron chi connectivity index (χ0n) is 30.5. The lowest BCUT2D eigenvalue weighted by Gasteiger charge is -2.37. The molecule has 4 atom stereocenters. The third-order valence-electron chi connectivity index (χ3n) is 9.27. The second-order valence-electron chi connectivity index (χ2n) is 14.7. The van der Waals surface area contributed by atoms with Crippen LogP contribution in [0.4, 0.5) is 5.95 Å². The SMILES string of the molecule is Cc1ccc(S(=O)(=O)OC2[C@@H](OS(=O)(=O)c3ccc(C)cc3)[C@@H](CO[Si](C)(C)C(C)(C)C)O[C@H]2n2cnc3c(=O)[nH]c(NC(=O)C(C)C)nc32)cc1. The Balaban J connectivity index is 1.67. The van der Waals surface area contributed by atoms with Gasteiger partial charge in [0.25, 0.3) is 25.8 Å². The quantitative estimate of drug-likeness (QED) is 0.148. The largest absolute Gasteiger partial charge is 0.414 e. The first-order chi connectivity index (χ1) is 24.1. The van der Waals surface area contributed by atoms with Crippen molar-refractivity contribution < 1.29 is 39.2 Å². The number of aromatic nitrogens is 4. The summed E-state index contributed by atoms with van der Waals surface area (Å²) in [5.74, 6) is -1.05. The van der Waals surface area contributed by atoms with Gasteiger partial charge in [0.2, 0.25) is 11.9 Å². The molecule has 5 rings (SSSR count). The average molecular weight is 776 g/mol. The third-order valence-corrected chi connectivity index (χ3v) is 16.4. The Kier molecular flexibility index (Phi) is 11.0. The van der Waals surface area contributed by atoms with Gasteiger partial charge in [0, 0.05) is 5.92 Å². The fraction of sp³-hybridized carbons (Fsp3) is 0.471. The number of nitrogens with zero attached hydrogens (tertiary/aromatic N) is 3. The number of benzene rings is 2. The molecule has 2 N–H and O–H groups in total. The summed E-state index contributed by atoms with van der Waals surface area (Å²) in [5.41, 5.74) is 0.666. The van der Waals surface area contributed by atoms with Gasteiger partial charge < -0.3 is 9.16 Å². The van der Waals surface area contributed by atoms with Gasteiger partial charge in [0.05, 0.1) is 22.7 Å². The monoisotopic (exact) mass is 775 g/mol. The molecule has 2 aromatic heterocycles. The minimum Gasteiger partial charge on any atom is -0.414 e. The molecule has 1 saturated heterocycles. The second-order valence-corrected chi connectivity index (χ2v) is 22.6. The van der Waals surface area contributed by atoms with Gasteiger partial charge in [-0.2, -0.15) is 21.8 Å². The third kappa shape index (κ3) is 8.38. The molecule has 0 saturated carbocycles. The lowest BCUT2D eigenvalue weighted by molar-refractivity contribution is -0.118. The van der Waals surface area contributed by atoms with Crippen molar-refractivity contribution in [3.05, 3.63) is 76.3 Å². The van der Waals surface area contributed by atoms with Gasteiger partial charge in [-0.1, -0.05) is 70.0 Å². The van der Waals surface area contributed by atoms with Crippen LogP contribution in [0.15, 0.2) is 69.4 Å². The first-order valence-corrected chi connectivity index (χ1v) is 22.4. The standard InChI is InChI=1S/C34H45N5O10S2Si/c1-20(2)30(40)37-33-36-29-26(31(41)38-33)35-19-39(29)32-28(49-51(44,45)24-16-12-22(4)13-17-24)27(25(47-32)18-46-52(8,9)34(5,6)7)48-50(42,43)23-14-10-21(3)11-15-23/h10-17,19-20,25,27-28,32H,18H2,1-9H3,(H2,36,37,38,40,41)/t25-,27+,28?,32-/m1/s1. The molecular formula is C34H45N5O10S2Si. The minimum absolute atomic E-state index is 0.0970. The Hall–Kier alpha value is -3.78. The number of fused-ring (bicyclic) bond motifs is 1. The molecule has 2 aromatic carbocycles. The van der Waals surface area contributed by atoms with Crippen LogP contribution in [0.5, 0.6) is 0 Å². The highest BCUT2D eigenvalue weighted by Crippen LogP contribution is 2.41. The van der Waals surface area contributed by atoms with Crippen LogP contribution in [0, 0.1) is 19.8 Å². The van der Waals surface area contributed by atoms with Crippen molar-refractivity contribution in [3.8, 4) is 0 Å². The Bertz CT molecular complexity index is 2210. The van der Waals surface area contributed by atoms with E-state index in [1.807, 2.05) is 33.9 Å². The first-order valence-electron chi connectivity index (χ1n) is 16.7. The summed E-state index contributed by atoms with van der Waals surface area (Å²) in [6, 6.07) is 11.9. The molecular weight excluding hydrogens is 731 g/mol. The smallest absolute Gasteiger partial charge is 0.297 e.